The lowest BCUT2D eigenvalue weighted by molar-refractivity contribution is 0.0268. The fraction of sp³-hybridized carbons (Fsp3) is 0.933. The van der Waals surface area contributed by atoms with Crippen LogP contribution >= 0.6 is 0 Å². The van der Waals surface area contributed by atoms with Gasteiger partial charge >= 0.3 is 0 Å². The zero-order valence-electron chi connectivity index (χ0n) is 13.3. The lowest BCUT2D eigenvalue weighted by atomic mass is 9.83. The highest BCUT2D eigenvalue weighted by Gasteiger charge is 2.19. The summed E-state index contributed by atoms with van der Waals surface area (Å²) < 4.78 is 5.39. The first-order chi connectivity index (χ1) is 8.96. The van der Waals surface area contributed by atoms with E-state index < -0.39 is 0 Å². The summed E-state index contributed by atoms with van der Waals surface area (Å²) in [6.07, 6.45) is 5.42. The summed E-state index contributed by atoms with van der Waals surface area (Å²) in [6, 6.07) is 0. The van der Waals surface area contributed by atoms with E-state index in [1.807, 2.05) is 7.05 Å². The van der Waals surface area contributed by atoms with Gasteiger partial charge in [-0.15, -0.1) is 0 Å². The van der Waals surface area contributed by atoms with Crippen molar-refractivity contribution in [1.29, 1.82) is 0 Å². The van der Waals surface area contributed by atoms with Gasteiger partial charge in [0.15, 0.2) is 5.96 Å². The summed E-state index contributed by atoms with van der Waals surface area (Å²) in [5.41, 5.74) is -0.169. The van der Waals surface area contributed by atoms with E-state index in [1.54, 1.807) is 7.11 Å². The molecular formula is C15H31N3O. The molecule has 0 aromatic rings. The van der Waals surface area contributed by atoms with E-state index in [9.17, 15) is 0 Å². The monoisotopic (exact) mass is 269 g/mol. The van der Waals surface area contributed by atoms with Gasteiger partial charge < -0.3 is 15.4 Å². The summed E-state index contributed by atoms with van der Waals surface area (Å²) in [5, 5.41) is 6.76. The molecule has 1 fully saturated rings. The van der Waals surface area contributed by atoms with E-state index in [4.69, 9.17) is 4.74 Å². The largest absolute Gasteiger partial charge is 0.377 e. The Bertz CT molecular complexity index is 281. The third-order valence-corrected chi connectivity index (χ3v) is 4.15. The van der Waals surface area contributed by atoms with Crippen LogP contribution in [-0.2, 0) is 4.74 Å². The Morgan fingerprint density at radius 3 is 2.37 bits per heavy atom. The number of hydrogen-bond acceptors (Lipinski definition) is 2. The highest BCUT2D eigenvalue weighted by molar-refractivity contribution is 5.79. The van der Waals surface area contributed by atoms with Gasteiger partial charge in [-0.05, 0) is 38.5 Å². The minimum absolute atomic E-state index is 0.169. The van der Waals surface area contributed by atoms with Crippen LogP contribution in [0.2, 0.25) is 0 Å². The highest BCUT2D eigenvalue weighted by Crippen LogP contribution is 2.27. The zero-order chi connectivity index (χ0) is 14.3. The first-order valence-electron chi connectivity index (χ1n) is 7.46. The van der Waals surface area contributed by atoms with Gasteiger partial charge in [0, 0.05) is 27.2 Å². The Balaban J connectivity index is 2.26. The van der Waals surface area contributed by atoms with Gasteiger partial charge in [-0.3, -0.25) is 4.99 Å². The first kappa shape index (κ1) is 16.3. The van der Waals surface area contributed by atoms with Crippen molar-refractivity contribution in [3.63, 3.8) is 0 Å². The molecule has 0 atom stereocenters. The molecule has 0 aromatic carbocycles. The molecule has 4 nitrogen and oxygen atoms in total. The molecular weight excluding hydrogens is 238 g/mol. The first-order valence-corrected chi connectivity index (χ1v) is 7.46. The fourth-order valence-electron chi connectivity index (χ4n) is 2.36. The van der Waals surface area contributed by atoms with E-state index in [0.29, 0.717) is 0 Å². The van der Waals surface area contributed by atoms with E-state index in [0.717, 1.165) is 30.9 Å². The lowest BCUT2D eigenvalue weighted by Crippen LogP contribution is -2.46. The van der Waals surface area contributed by atoms with Crippen molar-refractivity contribution < 1.29 is 4.74 Å². The molecule has 2 N–H and O–H groups in total. The van der Waals surface area contributed by atoms with Crippen molar-refractivity contribution in [3.8, 4) is 0 Å². The molecule has 0 unspecified atom stereocenters. The summed E-state index contributed by atoms with van der Waals surface area (Å²) >= 11 is 0. The third-order valence-electron chi connectivity index (χ3n) is 4.15. The van der Waals surface area contributed by atoms with Crippen LogP contribution in [0.15, 0.2) is 4.99 Å². The number of nitrogens with zero attached hydrogens (tertiary/aromatic N) is 1. The molecule has 4 heteroatoms. The van der Waals surface area contributed by atoms with Gasteiger partial charge in [0.1, 0.15) is 0 Å². The Kier molecular flexibility index (Phi) is 6.63. The Morgan fingerprint density at radius 1 is 1.21 bits per heavy atom. The molecule has 1 rings (SSSR count). The van der Waals surface area contributed by atoms with Crippen LogP contribution in [0, 0.1) is 11.8 Å². The Labute approximate surface area is 118 Å². The topological polar surface area (TPSA) is 45.7 Å². The van der Waals surface area contributed by atoms with E-state index in [2.05, 4.69) is 36.4 Å². The number of nitrogens with one attached hydrogen (secondary N) is 2. The second-order valence-corrected chi connectivity index (χ2v) is 6.40. The van der Waals surface area contributed by atoms with Crippen LogP contribution < -0.4 is 10.6 Å². The second-order valence-electron chi connectivity index (χ2n) is 6.40. The van der Waals surface area contributed by atoms with Crippen molar-refractivity contribution in [3.05, 3.63) is 0 Å². The molecule has 1 saturated carbocycles. The number of guanidine groups is 1. The summed E-state index contributed by atoms with van der Waals surface area (Å²) in [6.45, 7) is 8.27. The molecule has 0 saturated heterocycles. The van der Waals surface area contributed by atoms with Crippen molar-refractivity contribution >= 4 is 5.96 Å². The predicted molar refractivity (Wildman–Crippen MR) is 81.6 cm³/mol. The lowest BCUT2D eigenvalue weighted by Gasteiger charge is -2.28. The van der Waals surface area contributed by atoms with Gasteiger partial charge in [0.25, 0.3) is 0 Å². The molecule has 0 bridgehead atoms. The maximum Gasteiger partial charge on any atom is 0.191 e. The average molecular weight is 269 g/mol. The minimum Gasteiger partial charge on any atom is -0.377 e. The van der Waals surface area contributed by atoms with Crippen LogP contribution in [-0.4, -0.2) is 38.8 Å². The van der Waals surface area contributed by atoms with Gasteiger partial charge in [-0.2, -0.15) is 0 Å². The van der Waals surface area contributed by atoms with E-state index in [1.165, 1.54) is 25.7 Å². The quantitative estimate of drug-likeness (QED) is 0.595. The van der Waals surface area contributed by atoms with Gasteiger partial charge in [-0.1, -0.05) is 19.8 Å². The molecule has 112 valence electrons. The molecule has 0 heterocycles. The number of methoxy groups -OCH3 is 1. The minimum atomic E-state index is -0.169. The molecule has 0 aliphatic heterocycles. The normalized spacial score (nSPS) is 25.2. The van der Waals surface area contributed by atoms with Gasteiger partial charge in [0.05, 0.1) is 5.60 Å². The SMILES string of the molecule is CN=C(NCC1CCC(C)CC1)NCC(C)(C)OC. The van der Waals surface area contributed by atoms with Gasteiger partial charge in [0.2, 0.25) is 0 Å². The van der Waals surface area contributed by atoms with Crippen molar-refractivity contribution in [1.82, 2.24) is 10.6 Å². The Hall–Kier alpha value is -0.770. The van der Waals surface area contributed by atoms with Crippen molar-refractivity contribution in [2.45, 2.75) is 52.1 Å². The smallest absolute Gasteiger partial charge is 0.191 e. The molecule has 0 spiro atoms. The van der Waals surface area contributed by atoms with Crippen molar-refractivity contribution in [2.75, 3.05) is 27.2 Å². The summed E-state index contributed by atoms with van der Waals surface area (Å²) in [4.78, 5) is 4.26. The van der Waals surface area contributed by atoms with E-state index in [-0.39, 0.29) is 5.60 Å². The number of hydrogen-bond donors (Lipinski definition) is 2. The second kappa shape index (κ2) is 7.73. The molecule has 1 aliphatic carbocycles. The summed E-state index contributed by atoms with van der Waals surface area (Å²) in [7, 11) is 3.55. The van der Waals surface area contributed by atoms with Crippen LogP contribution in [0.1, 0.15) is 46.5 Å². The fourth-order valence-corrected chi connectivity index (χ4v) is 2.36. The molecule has 0 aromatic heterocycles. The molecule has 1 aliphatic rings. The Morgan fingerprint density at radius 2 is 1.84 bits per heavy atom. The molecule has 0 radical (unpaired) electrons. The number of ether oxygens (including phenoxy) is 1. The molecule has 19 heavy (non-hydrogen) atoms. The maximum atomic E-state index is 5.39. The van der Waals surface area contributed by atoms with Crippen LogP contribution in [0.4, 0.5) is 0 Å². The summed E-state index contributed by atoms with van der Waals surface area (Å²) in [5.74, 6) is 2.59. The molecule has 0 amide bonds. The average Bonchev–Trinajstić information content (AvgIpc) is 2.41. The highest BCUT2D eigenvalue weighted by atomic mass is 16.5. The van der Waals surface area contributed by atoms with Gasteiger partial charge in [-0.25, -0.2) is 0 Å². The zero-order valence-corrected chi connectivity index (χ0v) is 13.3. The van der Waals surface area contributed by atoms with Crippen molar-refractivity contribution in [2.24, 2.45) is 16.8 Å². The van der Waals surface area contributed by atoms with Crippen LogP contribution in [0.3, 0.4) is 0 Å². The number of rotatable bonds is 5. The van der Waals surface area contributed by atoms with Crippen LogP contribution in [0.25, 0.3) is 0 Å². The predicted octanol–water partition coefficient (Wildman–Crippen LogP) is 2.40. The maximum absolute atomic E-state index is 5.39. The van der Waals surface area contributed by atoms with E-state index >= 15 is 0 Å². The van der Waals surface area contributed by atoms with Crippen LogP contribution in [0.5, 0.6) is 0 Å². The third kappa shape index (κ3) is 6.28. The standard InChI is InChI=1S/C15H31N3O/c1-12-6-8-13(9-7-12)10-17-14(16-4)18-11-15(2,3)19-5/h12-13H,6-11H2,1-5H3,(H2,16,17,18). The number of aliphatic imine (C=N–C) groups is 1.